The molecule has 0 aliphatic carbocycles. The summed E-state index contributed by atoms with van der Waals surface area (Å²) in [5, 5.41) is 11.6. The number of anilines is 1. The number of carboxylic acids is 1. The highest BCUT2D eigenvalue weighted by Gasteiger charge is 2.19. The van der Waals surface area contributed by atoms with E-state index in [0.29, 0.717) is 18.7 Å². The van der Waals surface area contributed by atoms with Crippen molar-refractivity contribution >= 4 is 11.8 Å². The molecule has 0 aliphatic rings. The third kappa shape index (κ3) is 5.19. The van der Waals surface area contributed by atoms with Crippen molar-refractivity contribution < 1.29 is 14.3 Å². The van der Waals surface area contributed by atoms with Crippen molar-refractivity contribution in [3.8, 4) is 0 Å². The summed E-state index contributed by atoms with van der Waals surface area (Å²) in [6.07, 6.45) is 2.79. The Kier molecular flexibility index (Phi) is 5.20. The quantitative estimate of drug-likeness (QED) is 0.795. The lowest BCUT2D eigenvalue weighted by Gasteiger charge is -2.24. The summed E-state index contributed by atoms with van der Waals surface area (Å²) in [4.78, 5) is 18.1. The third-order valence-corrected chi connectivity index (χ3v) is 3.07. The number of carboxylic acid groups (broad SMARTS) is 1. The molecule has 19 heavy (non-hydrogen) atoms. The summed E-state index contributed by atoms with van der Waals surface area (Å²) in [6.45, 7) is 6.12. The number of nitrogens with zero attached hydrogens (tertiary/aromatic N) is 2. The van der Waals surface area contributed by atoms with Crippen LogP contribution in [-0.2, 0) is 4.79 Å². The second kappa shape index (κ2) is 6.45. The van der Waals surface area contributed by atoms with Crippen LogP contribution in [0.15, 0.2) is 6.33 Å². The molecule has 0 amide bonds. The summed E-state index contributed by atoms with van der Waals surface area (Å²) >= 11 is 0. The minimum atomic E-state index is -0.793. The van der Waals surface area contributed by atoms with Gasteiger partial charge in [-0.1, -0.05) is 13.8 Å². The molecule has 0 unspecified atom stereocenters. The van der Waals surface area contributed by atoms with E-state index in [9.17, 15) is 9.18 Å². The third-order valence-electron chi connectivity index (χ3n) is 3.07. The normalized spacial score (nSPS) is 11.4. The van der Waals surface area contributed by atoms with Gasteiger partial charge in [-0.25, -0.2) is 14.4 Å². The lowest BCUT2D eigenvalue weighted by molar-refractivity contribution is -0.137. The fourth-order valence-corrected chi connectivity index (χ4v) is 1.67. The number of halogens is 1. The molecule has 1 heterocycles. The molecule has 1 aromatic rings. The van der Waals surface area contributed by atoms with Gasteiger partial charge in [0.15, 0.2) is 11.6 Å². The highest BCUT2D eigenvalue weighted by molar-refractivity contribution is 5.66. The highest BCUT2D eigenvalue weighted by Crippen LogP contribution is 2.26. The molecule has 106 valence electrons. The Morgan fingerprint density at radius 2 is 2.11 bits per heavy atom. The van der Waals surface area contributed by atoms with Crippen molar-refractivity contribution in [1.82, 2.24) is 9.97 Å². The van der Waals surface area contributed by atoms with Crippen molar-refractivity contribution in [2.75, 3.05) is 11.9 Å². The van der Waals surface area contributed by atoms with E-state index in [1.165, 1.54) is 6.33 Å². The lowest BCUT2D eigenvalue weighted by Crippen LogP contribution is -2.19. The van der Waals surface area contributed by atoms with E-state index in [2.05, 4.69) is 15.3 Å². The monoisotopic (exact) mass is 269 g/mol. The van der Waals surface area contributed by atoms with Crippen molar-refractivity contribution in [1.29, 1.82) is 0 Å². The second-order valence-electron chi connectivity index (χ2n) is 5.36. The molecular formula is C13H20FN3O2. The molecule has 1 rings (SSSR count). The van der Waals surface area contributed by atoms with Crippen molar-refractivity contribution in [3.05, 3.63) is 17.8 Å². The van der Waals surface area contributed by atoms with Crippen molar-refractivity contribution in [2.24, 2.45) is 5.41 Å². The van der Waals surface area contributed by atoms with E-state index in [4.69, 9.17) is 5.11 Å². The molecule has 0 bridgehead atoms. The summed E-state index contributed by atoms with van der Waals surface area (Å²) in [5.41, 5.74) is 0.201. The van der Waals surface area contributed by atoms with Gasteiger partial charge in [-0.2, -0.15) is 0 Å². The van der Waals surface area contributed by atoms with Gasteiger partial charge in [0.05, 0.1) is 5.69 Å². The molecule has 0 spiro atoms. The zero-order valence-corrected chi connectivity index (χ0v) is 11.5. The Labute approximate surface area is 112 Å². The first-order valence-electron chi connectivity index (χ1n) is 6.24. The minimum Gasteiger partial charge on any atom is -0.481 e. The first-order valence-corrected chi connectivity index (χ1v) is 6.24. The molecule has 0 saturated carbocycles. The maximum absolute atomic E-state index is 13.6. The fraction of sp³-hybridized carbons (Fsp3) is 0.615. The first kappa shape index (κ1) is 15.3. The van der Waals surface area contributed by atoms with Crippen LogP contribution in [0.25, 0.3) is 0 Å². The topological polar surface area (TPSA) is 75.1 Å². The van der Waals surface area contributed by atoms with Crippen LogP contribution < -0.4 is 5.32 Å². The average molecular weight is 269 g/mol. The van der Waals surface area contributed by atoms with Gasteiger partial charge in [-0.05, 0) is 25.2 Å². The van der Waals surface area contributed by atoms with Gasteiger partial charge in [0, 0.05) is 13.0 Å². The van der Waals surface area contributed by atoms with Crippen LogP contribution in [0.5, 0.6) is 0 Å². The van der Waals surface area contributed by atoms with Crippen LogP contribution in [0.3, 0.4) is 0 Å². The van der Waals surface area contributed by atoms with E-state index < -0.39 is 11.8 Å². The summed E-state index contributed by atoms with van der Waals surface area (Å²) in [7, 11) is 0. The molecule has 5 nitrogen and oxygen atoms in total. The molecule has 0 radical (unpaired) electrons. The maximum atomic E-state index is 13.6. The molecule has 6 heteroatoms. The van der Waals surface area contributed by atoms with Crippen molar-refractivity contribution in [2.45, 2.75) is 40.0 Å². The largest absolute Gasteiger partial charge is 0.481 e. The van der Waals surface area contributed by atoms with Crippen LogP contribution in [0.2, 0.25) is 0 Å². The van der Waals surface area contributed by atoms with Crippen molar-refractivity contribution in [3.63, 3.8) is 0 Å². The predicted molar refractivity (Wildman–Crippen MR) is 70.5 cm³/mol. The second-order valence-corrected chi connectivity index (χ2v) is 5.36. The van der Waals surface area contributed by atoms with Crippen LogP contribution >= 0.6 is 0 Å². The molecule has 0 aliphatic heterocycles. The molecule has 1 aromatic heterocycles. The SMILES string of the molecule is Cc1ncnc(NCCC(C)(C)CCC(=O)O)c1F. The lowest BCUT2D eigenvalue weighted by atomic mass is 9.84. The number of aromatic nitrogens is 2. The van der Waals surface area contributed by atoms with Crippen LogP contribution in [0.4, 0.5) is 10.2 Å². The number of hydrogen-bond donors (Lipinski definition) is 2. The Morgan fingerprint density at radius 3 is 2.74 bits per heavy atom. The summed E-state index contributed by atoms with van der Waals surface area (Å²) < 4.78 is 13.6. The average Bonchev–Trinajstić information content (AvgIpc) is 2.32. The fourth-order valence-electron chi connectivity index (χ4n) is 1.67. The highest BCUT2D eigenvalue weighted by atomic mass is 19.1. The number of carbonyl (C=O) groups is 1. The Morgan fingerprint density at radius 1 is 1.42 bits per heavy atom. The molecular weight excluding hydrogens is 249 g/mol. The van der Waals surface area contributed by atoms with E-state index in [0.717, 1.165) is 6.42 Å². The number of nitrogens with one attached hydrogen (secondary N) is 1. The van der Waals surface area contributed by atoms with E-state index in [-0.39, 0.29) is 17.7 Å². The zero-order chi connectivity index (χ0) is 14.5. The minimum absolute atomic E-state index is 0.107. The Bertz CT molecular complexity index is 450. The Hall–Kier alpha value is -1.72. The number of aliphatic carboxylic acids is 1. The van der Waals surface area contributed by atoms with E-state index in [1.54, 1.807) is 6.92 Å². The van der Waals surface area contributed by atoms with Gasteiger partial charge in [-0.3, -0.25) is 4.79 Å². The molecule has 2 N–H and O–H groups in total. The zero-order valence-electron chi connectivity index (χ0n) is 11.5. The van der Waals surface area contributed by atoms with E-state index in [1.807, 2.05) is 13.8 Å². The Balaban J connectivity index is 2.45. The van der Waals surface area contributed by atoms with Gasteiger partial charge < -0.3 is 10.4 Å². The molecule has 0 fully saturated rings. The predicted octanol–water partition coefficient (Wildman–Crippen LogP) is 2.62. The first-order chi connectivity index (χ1) is 8.82. The number of hydrogen-bond acceptors (Lipinski definition) is 4. The van der Waals surface area contributed by atoms with Crippen LogP contribution in [-0.4, -0.2) is 27.6 Å². The van der Waals surface area contributed by atoms with Gasteiger partial charge in [0.1, 0.15) is 6.33 Å². The van der Waals surface area contributed by atoms with E-state index >= 15 is 0 Å². The summed E-state index contributed by atoms with van der Waals surface area (Å²) in [6, 6.07) is 0. The molecule has 0 atom stereocenters. The molecule has 0 aromatic carbocycles. The standard InChI is InChI=1S/C13H20FN3O2/c1-9-11(14)12(17-8-16-9)15-7-6-13(2,3)5-4-10(18)19/h8H,4-7H2,1-3H3,(H,18,19)(H,15,16,17). The number of aryl methyl sites for hydroxylation is 1. The van der Waals surface area contributed by atoms with Gasteiger partial charge in [-0.15, -0.1) is 0 Å². The van der Waals surface area contributed by atoms with Crippen LogP contribution in [0.1, 0.15) is 38.8 Å². The maximum Gasteiger partial charge on any atom is 0.303 e. The van der Waals surface area contributed by atoms with Gasteiger partial charge in [0.25, 0.3) is 0 Å². The smallest absolute Gasteiger partial charge is 0.303 e. The summed E-state index contributed by atoms with van der Waals surface area (Å²) in [5.74, 6) is -1.04. The van der Waals surface area contributed by atoms with Gasteiger partial charge >= 0.3 is 5.97 Å². The molecule has 0 saturated heterocycles. The van der Waals surface area contributed by atoms with Gasteiger partial charge in [0.2, 0.25) is 0 Å². The number of rotatable bonds is 7. The van der Waals surface area contributed by atoms with Crippen LogP contribution in [0, 0.1) is 18.2 Å².